The largest absolute Gasteiger partial charge is 0.382 e. The molecule has 1 unspecified atom stereocenters. The summed E-state index contributed by atoms with van der Waals surface area (Å²) in [5, 5.41) is 7.39. The molecule has 2 heterocycles. The maximum absolute atomic E-state index is 5.63. The molecule has 0 radical (unpaired) electrons. The van der Waals surface area contributed by atoms with Gasteiger partial charge in [-0.1, -0.05) is 0 Å². The Kier molecular flexibility index (Phi) is 5.75. The Morgan fingerprint density at radius 2 is 2.50 bits per heavy atom. The fourth-order valence-electron chi connectivity index (χ4n) is 2.16. The molecule has 1 aromatic heterocycles. The number of nitrogens with one attached hydrogen (secondary N) is 1. The van der Waals surface area contributed by atoms with Gasteiger partial charge < -0.3 is 19.7 Å². The van der Waals surface area contributed by atoms with Crippen LogP contribution in [-0.2, 0) is 16.0 Å². The molecule has 0 saturated carbocycles. The van der Waals surface area contributed by atoms with Crippen LogP contribution in [0.15, 0.2) is 17.6 Å². The highest BCUT2D eigenvalue weighted by atomic mass is 16.5. The van der Waals surface area contributed by atoms with Crippen molar-refractivity contribution in [1.82, 2.24) is 25.0 Å². The van der Waals surface area contributed by atoms with Crippen LogP contribution >= 0.6 is 0 Å². The highest BCUT2D eigenvalue weighted by Crippen LogP contribution is 2.05. The molecule has 1 N–H and O–H groups in total. The highest BCUT2D eigenvalue weighted by molar-refractivity contribution is 5.79. The molecule has 112 valence electrons. The van der Waals surface area contributed by atoms with Crippen LogP contribution in [0, 0.1) is 0 Å². The summed E-state index contributed by atoms with van der Waals surface area (Å²) in [4.78, 5) is 10.4. The zero-order valence-electron chi connectivity index (χ0n) is 12.0. The molecule has 1 aliphatic heterocycles. The van der Waals surface area contributed by atoms with Gasteiger partial charge in [-0.3, -0.25) is 9.67 Å². The number of aromatic nitrogens is 3. The van der Waals surface area contributed by atoms with E-state index in [1.165, 1.54) is 6.33 Å². The third kappa shape index (κ3) is 4.17. The summed E-state index contributed by atoms with van der Waals surface area (Å²) < 4.78 is 12.6. The number of methoxy groups -OCH3 is 1. The summed E-state index contributed by atoms with van der Waals surface area (Å²) in [5.74, 6) is 0.884. The average molecular weight is 282 g/mol. The van der Waals surface area contributed by atoms with Crippen molar-refractivity contribution >= 4 is 5.96 Å². The minimum Gasteiger partial charge on any atom is -0.382 e. The molecule has 0 bridgehead atoms. The predicted octanol–water partition coefficient (Wildman–Crippen LogP) is -0.799. The molecule has 0 aliphatic carbocycles. The van der Waals surface area contributed by atoms with Crippen LogP contribution in [0.1, 0.15) is 0 Å². The summed E-state index contributed by atoms with van der Waals surface area (Å²) in [6.07, 6.45) is 3.34. The van der Waals surface area contributed by atoms with Gasteiger partial charge in [0.2, 0.25) is 0 Å². The van der Waals surface area contributed by atoms with Crippen molar-refractivity contribution < 1.29 is 9.47 Å². The molecule has 20 heavy (non-hydrogen) atoms. The Balaban J connectivity index is 1.78. The lowest BCUT2D eigenvalue weighted by molar-refractivity contribution is -0.0447. The number of ether oxygens (including phenoxy) is 2. The van der Waals surface area contributed by atoms with E-state index in [-0.39, 0.29) is 6.10 Å². The third-order valence-corrected chi connectivity index (χ3v) is 3.09. The molecule has 1 fully saturated rings. The van der Waals surface area contributed by atoms with Crippen molar-refractivity contribution in [3.8, 4) is 0 Å². The summed E-state index contributed by atoms with van der Waals surface area (Å²) in [6, 6.07) is 0. The second-order valence-corrected chi connectivity index (χ2v) is 4.53. The van der Waals surface area contributed by atoms with Crippen molar-refractivity contribution in [2.75, 3.05) is 47.0 Å². The maximum Gasteiger partial charge on any atom is 0.193 e. The second kappa shape index (κ2) is 7.81. The number of nitrogens with zero attached hydrogens (tertiary/aromatic N) is 5. The van der Waals surface area contributed by atoms with Gasteiger partial charge in [-0.25, -0.2) is 4.98 Å². The molecule has 0 aromatic carbocycles. The van der Waals surface area contributed by atoms with E-state index in [2.05, 4.69) is 25.3 Å². The Hall–Kier alpha value is -1.67. The Morgan fingerprint density at radius 3 is 3.20 bits per heavy atom. The van der Waals surface area contributed by atoms with Gasteiger partial charge in [-0.2, -0.15) is 5.10 Å². The van der Waals surface area contributed by atoms with Crippen molar-refractivity contribution in [1.29, 1.82) is 0 Å². The first-order valence-corrected chi connectivity index (χ1v) is 6.72. The normalized spacial score (nSPS) is 20.2. The van der Waals surface area contributed by atoms with Gasteiger partial charge in [0.05, 0.1) is 25.9 Å². The Bertz CT molecular complexity index is 406. The number of guanidine groups is 1. The summed E-state index contributed by atoms with van der Waals surface area (Å²) in [5.41, 5.74) is 0. The molecule has 2 rings (SSSR count). The zero-order chi connectivity index (χ0) is 14.2. The lowest BCUT2D eigenvalue weighted by Gasteiger charge is -2.34. The van der Waals surface area contributed by atoms with Crippen LogP contribution < -0.4 is 5.32 Å². The molecule has 1 saturated heterocycles. The van der Waals surface area contributed by atoms with Crippen LogP contribution in [0.4, 0.5) is 0 Å². The molecule has 8 heteroatoms. The van der Waals surface area contributed by atoms with E-state index in [0.717, 1.165) is 32.1 Å². The molecule has 1 atom stereocenters. The van der Waals surface area contributed by atoms with E-state index < -0.39 is 0 Å². The van der Waals surface area contributed by atoms with Crippen molar-refractivity contribution in [2.45, 2.75) is 12.6 Å². The maximum atomic E-state index is 5.63. The standard InChI is InChI=1S/C12H22N6O2/c1-13-12(15-3-4-18-10-14-9-16-18)17-5-6-20-11(7-17)8-19-2/h9-11H,3-8H2,1-2H3,(H,13,15). The van der Waals surface area contributed by atoms with E-state index in [4.69, 9.17) is 9.47 Å². The fourth-order valence-corrected chi connectivity index (χ4v) is 2.16. The quantitative estimate of drug-likeness (QED) is 0.563. The van der Waals surface area contributed by atoms with E-state index >= 15 is 0 Å². The van der Waals surface area contributed by atoms with Crippen LogP contribution in [-0.4, -0.2) is 78.7 Å². The van der Waals surface area contributed by atoms with Gasteiger partial charge in [0.1, 0.15) is 12.7 Å². The monoisotopic (exact) mass is 282 g/mol. The fraction of sp³-hybridized carbons (Fsp3) is 0.750. The van der Waals surface area contributed by atoms with E-state index in [1.807, 2.05) is 0 Å². The smallest absolute Gasteiger partial charge is 0.193 e. The van der Waals surface area contributed by atoms with E-state index in [0.29, 0.717) is 13.2 Å². The Morgan fingerprint density at radius 1 is 1.60 bits per heavy atom. The Labute approximate surface area is 118 Å². The second-order valence-electron chi connectivity index (χ2n) is 4.53. The first kappa shape index (κ1) is 14.7. The van der Waals surface area contributed by atoms with Gasteiger partial charge in [-0.15, -0.1) is 0 Å². The van der Waals surface area contributed by atoms with Gasteiger partial charge >= 0.3 is 0 Å². The minimum atomic E-state index is 0.0996. The lowest BCUT2D eigenvalue weighted by Crippen LogP contribution is -2.51. The third-order valence-electron chi connectivity index (χ3n) is 3.09. The van der Waals surface area contributed by atoms with Gasteiger partial charge in [0, 0.05) is 33.8 Å². The predicted molar refractivity (Wildman–Crippen MR) is 74.6 cm³/mol. The van der Waals surface area contributed by atoms with Gasteiger partial charge in [-0.05, 0) is 0 Å². The summed E-state index contributed by atoms with van der Waals surface area (Å²) in [7, 11) is 3.48. The first-order chi connectivity index (χ1) is 9.83. The van der Waals surface area contributed by atoms with E-state index in [1.54, 1.807) is 25.2 Å². The van der Waals surface area contributed by atoms with Crippen molar-refractivity contribution in [3.05, 3.63) is 12.7 Å². The van der Waals surface area contributed by atoms with Crippen LogP contribution in [0.3, 0.4) is 0 Å². The molecule has 8 nitrogen and oxygen atoms in total. The van der Waals surface area contributed by atoms with Gasteiger partial charge in [0.25, 0.3) is 0 Å². The highest BCUT2D eigenvalue weighted by Gasteiger charge is 2.22. The van der Waals surface area contributed by atoms with Crippen LogP contribution in [0.25, 0.3) is 0 Å². The molecular formula is C12H22N6O2. The number of hydrogen-bond donors (Lipinski definition) is 1. The molecule has 0 spiro atoms. The average Bonchev–Trinajstić information content (AvgIpc) is 2.97. The first-order valence-electron chi connectivity index (χ1n) is 6.72. The minimum absolute atomic E-state index is 0.0996. The molecule has 1 aliphatic rings. The zero-order valence-corrected chi connectivity index (χ0v) is 12.0. The summed E-state index contributed by atoms with van der Waals surface area (Å²) in [6.45, 7) is 4.43. The summed E-state index contributed by atoms with van der Waals surface area (Å²) >= 11 is 0. The van der Waals surface area contributed by atoms with Crippen molar-refractivity contribution in [2.24, 2.45) is 4.99 Å². The molecular weight excluding hydrogens is 260 g/mol. The molecule has 1 aromatic rings. The number of rotatable bonds is 5. The van der Waals surface area contributed by atoms with Crippen molar-refractivity contribution in [3.63, 3.8) is 0 Å². The lowest BCUT2D eigenvalue weighted by atomic mass is 10.3. The van der Waals surface area contributed by atoms with E-state index in [9.17, 15) is 0 Å². The van der Waals surface area contributed by atoms with Gasteiger partial charge in [0.15, 0.2) is 5.96 Å². The number of morpholine rings is 1. The SMILES string of the molecule is CN=C(NCCn1cncn1)N1CCOC(COC)C1. The topological polar surface area (TPSA) is 76.8 Å². The number of hydrogen-bond acceptors (Lipinski definition) is 5. The van der Waals surface area contributed by atoms with Crippen LogP contribution in [0.2, 0.25) is 0 Å². The van der Waals surface area contributed by atoms with Crippen LogP contribution in [0.5, 0.6) is 0 Å². The molecule has 0 amide bonds. The number of aliphatic imine (C=N–C) groups is 1.